The maximum atomic E-state index is 12.8. The Morgan fingerprint density at radius 1 is 1.33 bits per heavy atom. The van der Waals surface area contributed by atoms with Crippen LogP contribution >= 0.6 is 11.8 Å². The molecule has 116 valence electrons. The van der Waals surface area contributed by atoms with E-state index in [-0.39, 0.29) is 21.9 Å². The monoisotopic (exact) mass is 329 g/mol. The van der Waals surface area contributed by atoms with Crippen LogP contribution in [0.2, 0.25) is 0 Å². The minimum Gasteiger partial charge on any atom is -0.480 e. The van der Waals surface area contributed by atoms with E-state index in [9.17, 15) is 18.3 Å². The second kappa shape index (κ2) is 5.98. The molecule has 0 aromatic heterocycles. The Morgan fingerprint density at radius 3 is 2.38 bits per heavy atom. The van der Waals surface area contributed by atoms with Crippen LogP contribution in [0.1, 0.15) is 19.4 Å². The zero-order valence-corrected chi connectivity index (χ0v) is 13.8. The Morgan fingerprint density at radius 2 is 1.90 bits per heavy atom. The van der Waals surface area contributed by atoms with Gasteiger partial charge in [0, 0.05) is 5.75 Å². The third kappa shape index (κ3) is 3.09. The Labute approximate surface area is 129 Å². The zero-order valence-electron chi connectivity index (χ0n) is 12.2. The minimum atomic E-state index is -3.81. The average Bonchev–Trinajstić information content (AvgIpc) is 2.84. The number of benzene rings is 1. The Bertz CT molecular complexity index is 625. The number of nitrogens with zero attached hydrogens (tertiary/aromatic N) is 1. The second-order valence-electron chi connectivity index (χ2n) is 5.47. The molecule has 1 aliphatic heterocycles. The number of sulfonamides is 1. The standard InChI is InChI=1S/C14H19NO4S2/c1-9(2)13-15(12(8-20-13)14(16)17)21(18,19)11-6-4-10(3)5-7-11/h4-7,9,12-13H,8H2,1-3H3,(H,16,17). The van der Waals surface area contributed by atoms with Gasteiger partial charge in [0.25, 0.3) is 0 Å². The maximum absolute atomic E-state index is 12.8. The number of rotatable bonds is 4. The summed E-state index contributed by atoms with van der Waals surface area (Å²) < 4.78 is 26.8. The van der Waals surface area contributed by atoms with Crippen LogP contribution in [0.3, 0.4) is 0 Å². The molecule has 5 nitrogen and oxygen atoms in total. The Hall–Kier alpha value is -1.05. The molecule has 2 atom stereocenters. The molecule has 1 aromatic rings. The number of carboxylic acid groups (broad SMARTS) is 1. The molecular formula is C14H19NO4S2. The summed E-state index contributed by atoms with van der Waals surface area (Å²) in [7, 11) is -3.81. The molecule has 0 radical (unpaired) electrons. The van der Waals surface area contributed by atoms with E-state index in [4.69, 9.17) is 0 Å². The molecule has 0 saturated carbocycles. The fourth-order valence-corrected chi connectivity index (χ4v) is 6.04. The molecular weight excluding hydrogens is 310 g/mol. The number of aryl methyl sites for hydroxylation is 1. The molecule has 0 bridgehead atoms. The maximum Gasteiger partial charge on any atom is 0.322 e. The van der Waals surface area contributed by atoms with Gasteiger partial charge in [-0.25, -0.2) is 8.42 Å². The first kappa shape index (κ1) is 16.3. The zero-order chi connectivity index (χ0) is 15.8. The molecule has 2 rings (SSSR count). The van der Waals surface area contributed by atoms with Gasteiger partial charge in [-0.1, -0.05) is 31.5 Å². The molecule has 0 amide bonds. The Balaban J connectivity index is 2.47. The molecule has 1 saturated heterocycles. The normalized spacial score (nSPS) is 23.6. The van der Waals surface area contributed by atoms with E-state index in [2.05, 4.69) is 0 Å². The van der Waals surface area contributed by atoms with Gasteiger partial charge in [-0.05, 0) is 25.0 Å². The fraction of sp³-hybridized carbons (Fsp3) is 0.500. The van der Waals surface area contributed by atoms with E-state index >= 15 is 0 Å². The van der Waals surface area contributed by atoms with Gasteiger partial charge < -0.3 is 5.11 Å². The molecule has 1 aromatic carbocycles. The fourth-order valence-electron chi connectivity index (χ4n) is 2.32. The first-order chi connectivity index (χ1) is 9.75. The van der Waals surface area contributed by atoms with Gasteiger partial charge in [-0.15, -0.1) is 11.8 Å². The van der Waals surface area contributed by atoms with Crippen molar-refractivity contribution in [3.63, 3.8) is 0 Å². The van der Waals surface area contributed by atoms with Gasteiger partial charge in [-0.2, -0.15) is 4.31 Å². The molecule has 7 heteroatoms. The summed E-state index contributed by atoms with van der Waals surface area (Å²) in [5.74, 6) is -0.774. The van der Waals surface area contributed by atoms with Crippen LogP contribution in [0.15, 0.2) is 29.2 Å². The summed E-state index contributed by atoms with van der Waals surface area (Å²) in [6.45, 7) is 5.68. The number of hydrogen-bond donors (Lipinski definition) is 1. The largest absolute Gasteiger partial charge is 0.480 e. The van der Waals surface area contributed by atoms with Gasteiger partial charge >= 0.3 is 5.97 Å². The van der Waals surface area contributed by atoms with E-state index in [0.29, 0.717) is 0 Å². The summed E-state index contributed by atoms with van der Waals surface area (Å²) in [4.78, 5) is 11.5. The molecule has 21 heavy (non-hydrogen) atoms. The van der Waals surface area contributed by atoms with E-state index in [1.807, 2.05) is 20.8 Å². The van der Waals surface area contributed by atoms with Crippen LogP contribution < -0.4 is 0 Å². The number of carboxylic acids is 1. The lowest BCUT2D eigenvalue weighted by molar-refractivity contribution is -0.140. The molecule has 0 spiro atoms. The van der Waals surface area contributed by atoms with Crippen LogP contribution in [-0.4, -0.2) is 41.0 Å². The molecule has 0 aliphatic carbocycles. The number of hydrogen-bond acceptors (Lipinski definition) is 4. The van der Waals surface area contributed by atoms with Crippen LogP contribution in [0.25, 0.3) is 0 Å². The first-order valence-electron chi connectivity index (χ1n) is 6.69. The molecule has 2 unspecified atom stereocenters. The van der Waals surface area contributed by atoms with Crippen molar-refractivity contribution in [3.8, 4) is 0 Å². The number of aliphatic carboxylic acids is 1. The summed E-state index contributed by atoms with van der Waals surface area (Å²) in [5.41, 5.74) is 0.958. The summed E-state index contributed by atoms with van der Waals surface area (Å²) in [5, 5.41) is 8.97. The van der Waals surface area contributed by atoms with Crippen LogP contribution in [0.5, 0.6) is 0 Å². The van der Waals surface area contributed by atoms with Gasteiger partial charge in [0.05, 0.1) is 10.3 Å². The highest BCUT2D eigenvalue weighted by molar-refractivity contribution is 8.01. The van der Waals surface area contributed by atoms with Crippen molar-refractivity contribution in [2.24, 2.45) is 5.92 Å². The molecule has 1 aliphatic rings. The molecule has 1 heterocycles. The van der Waals surface area contributed by atoms with Crippen LogP contribution in [0, 0.1) is 12.8 Å². The highest BCUT2D eigenvalue weighted by Crippen LogP contribution is 2.38. The molecule has 1 fully saturated rings. The highest BCUT2D eigenvalue weighted by atomic mass is 32.2. The van der Waals surface area contributed by atoms with Crippen molar-refractivity contribution < 1.29 is 18.3 Å². The number of carbonyl (C=O) groups is 1. The predicted molar refractivity (Wildman–Crippen MR) is 82.7 cm³/mol. The van der Waals surface area contributed by atoms with E-state index < -0.39 is 22.0 Å². The smallest absolute Gasteiger partial charge is 0.322 e. The summed E-state index contributed by atoms with van der Waals surface area (Å²) in [6.07, 6.45) is 0. The lowest BCUT2D eigenvalue weighted by atomic mass is 10.2. The van der Waals surface area contributed by atoms with Gasteiger partial charge in [0.2, 0.25) is 10.0 Å². The van der Waals surface area contributed by atoms with Crippen molar-refractivity contribution in [1.82, 2.24) is 4.31 Å². The summed E-state index contributed by atoms with van der Waals surface area (Å²) in [6, 6.07) is 5.49. The van der Waals surface area contributed by atoms with Crippen LogP contribution in [0.4, 0.5) is 0 Å². The van der Waals surface area contributed by atoms with E-state index in [1.165, 1.54) is 23.9 Å². The third-order valence-corrected chi connectivity index (χ3v) is 7.09. The number of thioether (sulfide) groups is 1. The van der Waals surface area contributed by atoms with Crippen molar-refractivity contribution in [2.45, 2.75) is 37.1 Å². The Kier molecular flexibility index (Phi) is 4.65. The third-order valence-electron chi connectivity index (χ3n) is 3.43. The van der Waals surface area contributed by atoms with Gasteiger partial charge in [-0.3, -0.25) is 4.79 Å². The predicted octanol–water partition coefficient (Wildman–Crippen LogP) is 2.17. The van der Waals surface area contributed by atoms with Crippen molar-refractivity contribution in [3.05, 3.63) is 29.8 Å². The van der Waals surface area contributed by atoms with Crippen molar-refractivity contribution in [1.29, 1.82) is 0 Å². The van der Waals surface area contributed by atoms with E-state index in [1.54, 1.807) is 12.1 Å². The quantitative estimate of drug-likeness (QED) is 0.916. The minimum absolute atomic E-state index is 0.0413. The highest BCUT2D eigenvalue weighted by Gasteiger charge is 2.47. The van der Waals surface area contributed by atoms with Gasteiger partial charge in [0.1, 0.15) is 6.04 Å². The summed E-state index contributed by atoms with van der Waals surface area (Å²) >= 11 is 1.39. The SMILES string of the molecule is Cc1ccc(S(=O)(=O)N2C(C(=O)O)CSC2C(C)C)cc1. The lowest BCUT2D eigenvalue weighted by Gasteiger charge is -2.28. The molecule has 1 N–H and O–H groups in total. The van der Waals surface area contributed by atoms with Crippen molar-refractivity contribution in [2.75, 3.05) is 5.75 Å². The topological polar surface area (TPSA) is 74.7 Å². The van der Waals surface area contributed by atoms with Crippen LogP contribution in [-0.2, 0) is 14.8 Å². The average molecular weight is 329 g/mol. The second-order valence-corrected chi connectivity index (χ2v) is 8.46. The van der Waals surface area contributed by atoms with E-state index in [0.717, 1.165) is 9.87 Å². The lowest BCUT2D eigenvalue weighted by Crippen LogP contribution is -2.46. The van der Waals surface area contributed by atoms with Crippen molar-refractivity contribution >= 4 is 27.8 Å². The first-order valence-corrected chi connectivity index (χ1v) is 9.18. The van der Waals surface area contributed by atoms with Gasteiger partial charge in [0.15, 0.2) is 0 Å².